The Balaban J connectivity index is 4.29. The maximum Gasteiger partial charge on any atom is 0.284 e. The van der Waals surface area contributed by atoms with E-state index >= 15 is 0 Å². The molecule has 13 heavy (non-hydrogen) atoms. The van der Waals surface area contributed by atoms with Crippen LogP contribution in [-0.2, 0) is 9.47 Å². The summed E-state index contributed by atoms with van der Waals surface area (Å²) >= 11 is 6.32. The van der Waals surface area contributed by atoms with Crippen molar-refractivity contribution in [3.8, 4) is 0 Å². The second kappa shape index (κ2) is 6.27. The van der Waals surface area contributed by atoms with Crippen molar-refractivity contribution in [1.29, 1.82) is 0 Å². The molecular formula is C9H16O2S2. The summed E-state index contributed by atoms with van der Waals surface area (Å²) in [6, 6.07) is 0. The van der Waals surface area contributed by atoms with Gasteiger partial charge < -0.3 is 9.47 Å². The van der Waals surface area contributed by atoms with E-state index in [9.17, 15) is 0 Å². The van der Waals surface area contributed by atoms with Gasteiger partial charge in [0.2, 0.25) is 4.38 Å². The van der Waals surface area contributed by atoms with Gasteiger partial charge >= 0.3 is 0 Å². The van der Waals surface area contributed by atoms with E-state index < -0.39 is 0 Å². The second-order valence-electron chi connectivity index (χ2n) is 3.01. The third-order valence-electron chi connectivity index (χ3n) is 1.09. The molecule has 2 nitrogen and oxygen atoms in total. The molecule has 0 N–H and O–H groups in total. The molecule has 0 rings (SSSR count). The van der Waals surface area contributed by atoms with Gasteiger partial charge in [0.1, 0.15) is 0 Å². The van der Waals surface area contributed by atoms with Crippen LogP contribution in [0.3, 0.4) is 0 Å². The van der Waals surface area contributed by atoms with Crippen LogP contribution in [-0.4, -0.2) is 16.7 Å². The minimum Gasteiger partial charge on any atom is -0.462 e. The molecule has 0 aromatic carbocycles. The highest BCUT2D eigenvalue weighted by molar-refractivity contribution is 8.22. The van der Waals surface area contributed by atoms with Crippen LogP contribution in [0.4, 0.5) is 0 Å². The van der Waals surface area contributed by atoms with E-state index in [1.54, 1.807) is 0 Å². The normalized spacial score (nSPS) is 9.69. The molecule has 0 amide bonds. The van der Waals surface area contributed by atoms with E-state index in [2.05, 4.69) is 0 Å². The van der Waals surface area contributed by atoms with Crippen molar-refractivity contribution in [2.75, 3.05) is 6.26 Å². The summed E-state index contributed by atoms with van der Waals surface area (Å²) < 4.78 is 11.2. The highest BCUT2D eigenvalue weighted by Gasteiger charge is 2.07. The fourth-order valence-electron chi connectivity index (χ4n) is 0.575. The fraction of sp³-hybridized carbons (Fsp3) is 0.667. The van der Waals surface area contributed by atoms with Crippen LogP contribution in [0.1, 0.15) is 27.7 Å². The van der Waals surface area contributed by atoms with Crippen molar-refractivity contribution < 1.29 is 9.47 Å². The number of thioether (sulfide) groups is 1. The van der Waals surface area contributed by atoms with Gasteiger partial charge in [-0.1, -0.05) is 11.8 Å². The first kappa shape index (κ1) is 12.8. The third kappa shape index (κ3) is 5.93. The maximum atomic E-state index is 5.44. The molecule has 0 aromatic rings. The average molecular weight is 220 g/mol. The lowest BCUT2D eigenvalue weighted by molar-refractivity contribution is 0.0580. The standard InChI is InChI=1S/C9H16O2S2/c1-6(2)8(10-7(3)4)11-9(12)13-5/h7H,1-5H3. The van der Waals surface area contributed by atoms with E-state index in [0.717, 1.165) is 5.57 Å². The predicted molar refractivity (Wildman–Crippen MR) is 61.8 cm³/mol. The monoisotopic (exact) mass is 220 g/mol. The van der Waals surface area contributed by atoms with Gasteiger partial charge in [-0.25, -0.2) is 0 Å². The van der Waals surface area contributed by atoms with Crippen LogP contribution in [0.25, 0.3) is 0 Å². The van der Waals surface area contributed by atoms with Crippen molar-refractivity contribution in [2.24, 2.45) is 0 Å². The number of allylic oxidation sites excluding steroid dienone is 1. The Morgan fingerprint density at radius 2 is 1.85 bits per heavy atom. The Morgan fingerprint density at radius 1 is 1.31 bits per heavy atom. The largest absolute Gasteiger partial charge is 0.462 e. The van der Waals surface area contributed by atoms with Gasteiger partial charge in [-0.15, -0.1) is 0 Å². The van der Waals surface area contributed by atoms with Gasteiger partial charge in [0.05, 0.1) is 6.10 Å². The summed E-state index contributed by atoms with van der Waals surface area (Å²) in [5.74, 6) is 0.523. The van der Waals surface area contributed by atoms with Crippen LogP contribution in [0.15, 0.2) is 11.5 Å². The highest BCUT2D eigenvalue weighted by atomic mass is 32.2. The lowest BCUT2D eigenvalue weighted by Gasteiger charge is -2.15. The number of rotatable bonds is 3. The molecule has 0 aromatic heterocycles. The first-order valence-corrected chi connectivity index (χ1v) is 5.70. The second-order valence-corrected chi connectivity index (χ2v) is 4.42. The lowest BCUT2D eigenvalue weighted by atomic mass is 10.4. The van der Waals surface area contributed by atoms with E-state index in [-0.39, 0.29) is 6.10 Å². The number of ether oxygens (including phenoxy) is 2. The van der Waals surface area contributed by atoms with Crippen LogP contribution in [0.2, 0.25) is 0 Å². The van der Waals surface area contributed by atoms with Crippen LogP contribution < -0.4 is 0 Å². The van der Waals surface area contributed by atoms with Crippen molar-refractivity contribution in [1.82, 2.24) is 0 Å². The smallest absolute Gasteiger partial charge is 0.284 e. The number of hydrogen-bond donors (Lipinski definition) is 0. The molecule has 0 atom stereocenters. The van der Waals surface area contributed by atoms with E-state index in [1.165, 1.54) is 11.8 Å². The van der Waals surface area contributed by atoms with Crippen molar-refractivity contribution in [3.05, 3.63) is 11.5 Å². The number of hydrogen-bond acceptors (Lipinski definition) is 4. The molecule has 4 heteroatoms. The van der Waals surface area contributed by atoms with Gasteiger partial charge in [-0.3, -0.25) is 0 Å². The SMILES string of the molecule is CSC(=S)OC(OC(C)C)=C(C)C. The van der Waals surface area contributed by atoms with Crippen molar-refractivity contribution >= 4 is 28.4 Å². The molecule has 0 radical (unpaired) electrons. The average Bonchev–Trinajstić information content (AvgIpc) is 2.02. The summed E-state index contributed by atoms with van der Waals surface area (Å²) in [5.41, 5.74) is 0.991. The molecule has 0 aliphatic rings. The van der Waals surface area contributed by atoms with Crippen LogP contribution >= 0.6 is 24.0 Å². The Kier molecular flexibility index (Phi) is 6.16. The third-order valence-corrected chi connectivity index (χ3v) is 2.09. The van der Waals surface area contributed by atoms with Crippen molar-refractivity contribution in [2.45, 2.75) is 33.8 Å². The van der Waals surface area contributed by atoms with Gasteiger partial charge in [0.25, 0.3) is 5.95 Å². The number of thiocarbonyl (C=S) groups is 1. The molecule has 0 saturated heterocycles. The highest BCUT2D eigenvalue weighted by Crippen LogP contribution is 2.14. The zero-order valence-electron chi connectivity index (χ0n) is 8.71. The fourth-order valence-corrected chi connectivity index (χ4v) is 0.810. The zero-order valence-corrected chi connectivity index (χ0v) is 10.3. The molecule has 0 aliphatic heterocycles. The van der Waals surface area contributed by atoms with Gasteiger partial charge in [-0.05, 0) is 46.2 Å². The summed E-state index contributed by atoms with van der Waals surface area (Å²) in [6.45, 7) is 7.77. The van der Waals surface area contributed by atoms with Crippen LogP contribution in [0, 0.1) is 0 Å². The molecule has 76 valence electrons. The maximum absolute atomic E-state index is 5.44. The van der Waals surface area contributed by atoms with Crippen molar-refractivity contribution in [3.63, 3.8) is 0 Å². The first-order chi connectivity index (χ1) is 5.97. The van der Waals surface area contributed by atoms with E-state index in [1.807, 2.05) is 34.0 Å². The molecule has 0 fully saturated rings. The summed E-state index contributed by atoms with van der Waals surface area (Å²) in [4.78, 5) is 0. The van der Waals surface area contributed by atoms with Crippen LogP contribution in [0.5, 0.6) is 0 Å². The summed E-state index contributed by atoms with van der Waals surface area (Å²) in [7, 11) is 0. The lowest BCUT2D eigenvalue weighted by Crippen LogP contribution is -2.08. The predicted octanol–water partition coefficient (Wildman–Crippen LogP) is 3.33. The Labute approximate surface area is 89.7 Å². The molecular weight excluding hydrogens is 204 g/mol. The molecule has 0 saturated carbocycles. The summed E-state index contributed by atoms with van der Waals surface area (Å²) in [5, 5.41) is 0. The topological polar surface area (TPSA) is 18.5 Å². The van der Waals surface area contributed by atoms with Gasteiger partial charge in [-0.2, -0.15) is 0 Å². The Morgan fingerprint density at radius 3 is 2.15 bits per heavy atom. The summed E-state index contributed by atoms with van der Waals surface area (Å²) in [6.07, 6.45) is 1.98. The minimum absolute atomic E-state index is 0.106. The van der Waals surface area contributed by atoms with E-state index in [0.29, 0.717) is 10.3 Å². The molecule has 0 unspecified atom stereocenters. The van der Waals surface area contributed by atoms with E-state index in [4.69, 9.17) is 21.7 Å². The quantitative estimate of drug-likeness (QED) is 0.536. The van der Waals surface area contributed by atoms with Gasteiger partial charge in [0, 0.05) is 5.57 Å². The Hall–Kier alpha value is -0.220. The molecule has 0 bridgehead atoms. The minimum atomic E-state index is 0.106. The molecule has 0 spiro atoms. The zero-order chi connectivity index (χ0) is 10.4. The Bertz CT molecular complexity index is 206. The molecule has 0 aliphatic carbocycles. The first-order valence-electron chi connectivity index (χ1n) is 4.07. The molecule has 0 heterocycles. The van der Waals surface area contributed by atoms with Gasteiger partial charge in [0.15, 0.2) is 0 Å².